The fourth-order valence-corrected chi connectivity index (χ4v) is 4.69. The Bertz CT molecular complexity index is 1210. The molecule has 0 unspecified atom stereocenters. The molecule has 2 aromatic carbocycles. The van der Waals surface area contributed by atoms with Crippen molar-refractivity contribution in [3.8, 4) is 11.5 Å². The number of thiophene rings is 1. The number of hydrogen-bond donors (Lipinski definition) is 3. The van der Waals surface area contributed by atoms with E-state index in [4.69, 9.17) is 4.74 Å². The van der Waals surface area contributed by atoms with Gasteiger partial charge < -0.3 is 15.2 Å². The van der Waals surface area contributed by atoms with Crippen molar-refractivity contribution < 1.29 is 27.9 Å². The molecule has 3 aromatic rings. The van der Waals surface area contributed by atoms with Crippen molar-refractivity contribution in [1.82, 2.24) is 0 Å². The first kappa shape index (κ1) is 23.3. The van der Waals surface area contributed by atoms with Crippen LogP contribution >= 0.6 is 11.3 Å². The Hall–Kier alpha value is -3.37. The first-order valence-corrected chi connectivity index (χ1v) is 12.0. The van der Waals surface area contributed by atoms with E-state index in [1.54, 1.807) is 36.4 Å². The maximum Gasteiger partial charge on any atom is 0.262 e. The van der Waals surface area contributed by atoms with E-state index in [9.17, 15) is 23.1 Å². The third kappa shape index (κ3) is 5.86. The minimum absolute atomic E-state index is 0.0360. The molecule has 168 valence electrons. The number of anilines is 2. The smallest absolute Gasteiger partial charge is 0.262 e. The summed E-state index contributed by atoms with van der Waals surface area (Å²) in [6, 6.07) is 13.6. The van der Waals surface area contributed by atoms with Gasteiger partial charge in [-0.05, 0) is 48.2 Å². The molecule has 8 nitrogen and oxygen atoms in total. The number of carbonyl (C=O) groups excluding carboxylic acids is 2. The van der Waals surface area contributed by atoms with Crippen molar-refractivity contribution in [3.63, 3.8) is 0 Å². The summed E-state index contributed by atoms with van der Waals surface area (Å²) < 4.78 is 33.1. The Balaban J connectivity index is 1.65. The van der Waals surface area contributed by atoms with E-state index in [2.05, 4.69) is 10.0 Å². The quantitative estimate of drug-likeness (QED) is 0.298. The van der Waals surface area contributed by atoms with Crippen molar-refractivity contribution in [2.24, 2.45) is 0 Å². The monoisotopic (exact) mass is 474 g/mol. The number of Topliss-reactive ketones (excluding diaryl/α,β-unsaturated/α-hetero) is 1. The standard InChI is InChI=1S/C22H22N2O6S2/c1-30-20-8-3-2-6-16(20)24-32(28,29)15-11-12-18(25)17(14-15)23-22(27)10-4-7-19(26)21-9-5-13-31-21/h2-3,5-6,8-9,11-14,24-25H,4,7,10H2,1H3,(H,23,27). The number of nitrogens with one attached hydrogen (secondary N) is 2. The molecule has 0 aliphatic rings. The first-order chi connectivity index (χ1) is 15.3. The largest absolute Gasteiger partial charge is 0.506 e. The number of para-hydroxylation sites is 2. The lowest BCUT2D eigenvalue weighted by molar-refractivity contribution is -0.116. The number of phenolic OH excluding ortho intramolecular Hbond substituents is 1. The number of aromatic hydroxyl groups is 1. The van der Waals surface area contributed by atoms with Crippen molar-refractivity contribution in [3.05, 3.63) is 64.9 Å². The lowest BCUT2D eigenvalue weighted by atomic mass is 10.1. The van der Waals surface area contributed by atoms with E-state index in [1.165, 1.54) is 36.6 Å². The molecule has 1 aromatic heterocycles. The SMILES string of the molecule is COc1ccccc1NS(=O)(=O)c1ccc(O)c(NC(=O)CCCC(=O)c2cccs2)c1. The molecule has 0 spiro atoms. The molecular weight excluding hydrogens is 452 g/mol. The number of carbonyl (C=O) groups is 2. The van der Waals surface area contributed by atoms with Gasteiger partial charge in [0.25, 0.3) is 10.0 Å². The summed E-state index contributed by atoms with van der Waals surface area (Å²) in [5.74, 6) is -0.401. The molecule has 0 bridgehead atoms. The molecule has 0 atom stereocenters. The number of sulfonamides is 1. The number of phenols is 1. The fourth-order valence-electron chi connectivity index (χ4n) is 2.90. The van der Waals surface area contributed by atoms with Crippen LogP contribution in [-0.4, -0.2) is 32.3 Å². The third-order valence-electron chi connectivity index (χ3n) is 4.51. The molecule has 3 rings (SSSR count). The van der Waals surface area contributed by atoms with Crippen LogP contribution in [0, 0.1) is 0 Å². The van der Waals surface area contributed by atoms with Gasteiger partial charge in [-0.15, -0.1) is 11.3 Å². The molecule has 0 aliphatic carbocycles. The maximum atomic E-state index is 12.8. The number of ether oxygens (including phenoxy) is 1. The molecule has 1 amide bonds. The highest BCUT2D eigenvalue weighted by molar-refractivity contribution is 7.92. The molecule has 0 aliphatic heterocycles. The van der Waals surface area contributed by atoms with Crippen LogP contribution in [0.1, 0.15) is 28.9 Å². The second-order valence-corrected chi connectivity index (χ2v) is 9.42. The summed E-state index contributed by atoms with van der Waals surface area (Å²) in [4.78, 5) is 24.8. The number of rotatable bonds is 10. The minimum Gasteiger partial charge on any atom is -0.506 e. The molecule has 3 N–H and O–H groups in total. The Kier molecular flexibility index (Phi) is 7.49. The van der Waals surface area contributed by atoms with Crippen molar-refractivity contribution in [2.45, 2.75) is 24.2 Å². The Labute approximate surface area is 189 Å². The molecule has 1 heterocycles. The number of hydrogen-bond acceptors (Lipinski definition) is 7. The third-order valence-corrected chi connectivity index (χ3v) is 6.78. The van der Waals surface area contributed by atoms with Crippen LogP contribution in [0.5, 0.6) is 11.5 Å². The normalized spacial score (nSPS) is 11.0. The van der Waals surface area contributed by atoms with E-state index in [0.29, 0.717) is 17.0 Å². The Morgan fingerprint density at radius 2 is 1.81 bits per heavy atom. The van der Waals surface area contributed by atoms with Gasteiger partial charge in [0.15, 0.2) is 5.78 Å². The topological polar surface area (TPSA) is 122 Å². The average molecular weight is 475 g/mol. The second-order valence-electron chi connectivity index (χ2n) is 6.79. The van der Waals surface area contributed by atoms with Crippen molar-refractivity contribution >= 4 is 44.4 Å². The van der Waals surface area contributed by atoms with Gasteiger partial charge in [0.2, 0.25) is 5.91 Å². The lowest BCUT2D eigenvalue weighted by Gasteiger charge is -2.13. The molecule has 0 saturated carbocycles. The van der Waals surface area contributed by atoms with Gasteiger partial charge in [-0.2, -0.15) is 0 Å². The van der Waals surface area contributed by atoms with E-state index >= 15 is 0 Å². The summed E-state index contributed by atoms with van der Waals surface area (Å²) in [7, 11) is -2.58. The molecule has 0 fully saturated rings. The fraction of sp³-hybridized carbons (Fsp3) is 0.182. The van der Waals surface area contributed by atoms with Crippen LogP contribution < -0.4 is 14.8 Å². The Morgan fingerprint density at radius 3 is 2.53 bits per heavy atom. The summed E-state index contributed by atoms with van der Waals surface area (Å²) in [6.07, 6.45) is 0.598. The summed E-state index contributed by atoms with van der Waals surface area (Å²) in [5, 5.41) is 14.4. The lowest BCUT2D eigenvalue weighted by Crippen LogP contribution is -2.15. The maximum absolute atomic E-state index is 12.8. The van der Waals surface area contributed by atoms with Crippen LogP contribution in [0.3, 0.4) is 0 Å². The average Bonchev–Trinajstić information content (AvgIpc) is 3.30. The highest BCUT2D eigenvalue weighted by Gasteiger charge is 2.19. The summed E-state index contributed by atoms with van der Waals surface area (Å²) >= 11 is 1.35. The second kappa shape index (κ2) is 10.3. The zero-order valence-corrected chi connectivity index (χ0v) is 18.8. The van der Waals surface area contributed by atoms with Crippen molar-refractivity contribution in [1.29, 1.82) is 0 Å². The van der Waals surface area contributed by atoms with Gasteiger partial charge in [0, 0.05) is 12.8 Å². The van der Waals surface area contributed by atoms with Crippen LogP contribution in [0.15, 0.2) is 64.9 Å². The molecule has 0 radical (unpaired) electrons. The number of amides is 1. The predicted octanol–water partition coefficient (Wildman–Crippen LogP) is 4.25. The molecule has 0 saturated heterocycles. The van der Waals surface area contributed by atoms with E-state index in [1.807, 2.05) is 5.38 Å². The van der Waals surface area contributed by atoms with Crippen molar-refractivity contribution in [2.75, 3.05) is 17.1 Å². The zero-order chi connectivity index (χ0) is 23.1. The van der Waals surface area contributed by atoms with E-state index in [-0.39, 0.29) is 40.6 Å². The van der Waals surface area contributed by atoms with Crippen LogP contribution in [0.4, 0.5) is 11.4 Å². The van der Waals surface area contributed by atoms with Gasteiger partial charge in [-0.3, -0.25) is 14.3 Å². The minimum atomic E-state index is -4.01. The number of methoxy groups -OCH3 is 1. The van der Waals surface area contributed by atoms with Gasteiger partial charge in [0.05, 0.1) is 28.3 Å². The first-order valence-electron chi connectivity index (χ1n) is 9.65. The molecule has 32 heavy (non-hydrogen) atoms. The predicted molar refractivity (Wildman–Crippen MR) is 123 cm³/mol. The molecular formula is C22H22N2O6S2. The van der Waals surface area contributed by atoms with E-state index < -0.39 is 15.9 Å². The van der Waals surface area contributed by atoms with Gasteiger partial charge in [0.1, 0.15) is 11.5 Å². The van der Waals surface area contributed by atoms with Gasteiger partial charge >= 0.3 is 0 Å². The Morgan fingerprint density at radius 1 is 1.03 bits per heavy atom. The van der Waals surface area contributed by atoms with Crippen LogP contribution in [0.2, 0.25) is 0 Å². The van der Waals surface area contributed by atoms with E-state index in [0.717, 1.165) is 0 Å². The number of ketones is 1. The van der Waals surface area contributed by atoms with Crippen LogP contribution in [0.25, 0.3) is 0 Å². The molecule has 10 heteroatoms. The summed E-state index contributed by atoms with van der Waals surface area (Å²) in [6.45, 7) is 0. The summed E-state index contributed by atoms with van der Waals surface area (Å²) in [5.41, 5.74) is 0.214. The van der Waals surface area contributed by atoms with Gasteiger partial charge in [-0.1, -0.05) is 18.2 Å². The highest BCUT2D eigenvalue weighted by Crippen LogP contribution is 2.30. The zero-order valence-electron chi connectivity index (χ0n) is 17.2. The van der Waals surface area contributed by atoms with Gasteiger partial charge in [-0.25, -0.2) is 8.42 Å². The van der Waals surface area contributed by atoms with Crippen LogP contribution in [-0.2, 0) is 14.8 Å². The highest BCUT2D eigenvalue weighted by atomic mass is 32.2. The number of benzene rings is 2.